The molecule has 1 aliphatic heterocycles. The number of nitrogens with one attached hydrogen (secondary N) is 1. The molecular weight excluding hydrogens is 376 g/mol. The molecule has 0 fully saturated rings. The predicted molar refractivity (Wildman–Crippen MR) is 95.1 cm³/mol. The second-order valence-corrected chi connectivity index (χ2v) is 6.10. The Hall–Kier alpha value is -2.87. The zero-order valence-corrected chi connectivity index (χ0v) is 16.0. The number of carbonyl (C=O) groups is 3. The van der Waals surface area contributed by atoms with Crippen molar-refractivity contribution in [3.05, 3.63) is 51.6 Å². The topological polar surface area (TPSA) is 104 Å². The van der Waals surface area contributed by atoms with Crippen molar-refractivity contribution in [3.63, 3.8) is 0 Å². The molecule has 1 aromatic heterocycles. The lowest BCUT2D eigenvalue weighted by molar-refractivity contribution is -0.152. The average Bonchev–Trinajstić information content (AvgIpc) is 2.65. The first-order valence-corrected chi connectivity index (χ1v) is 8.30. The number of ether oxygens (including phenoxy) is 3. The van der Waals surface area contributed by atoms with Gasteiger partial charge in [-0.15, -0.1) is 0 Å². The smallest absolute Gasteiger partial charge is 0.336 e. The van der Waals surface area contributed by atoms with Crippen LogP contribution in [0.3, 0.4) is 0 Å². The normalized spacial score (nSPS) is 14.6. The third-order valence-electron chi connectivity index (χ3n) is 3.98. The summed E-state index contributed by atoms with van der Waals surface area (Å²) in [5, 5.41) is 3.21. The third kappa shape index (κ3) is 4.46. The van der Waals surface area contributed by atoms with Crippen molar-refractivity contribution in [3.8, 4) is 0 Å². The van der Waals surface area contributed by atoms with Gasteiger partial charge >= 0.3 is 17.9 Å². The number of nitrogens with zero attached hydrogens (tertiary/aromatic N) is 1. The van der Waals surface area contributed by atoms with Crippen molar-refractivity contribution in [2.75, 3.05) is 14.2 Å². The molecule has 0 saturated carbocycles. The number of methoxy groups -OCH3 is 2. The fourth-order valence-corrected chi connectivity index (χ4v) is 2.83. The zero-order valence-electron chi connectivity index (χ0n) is 15.3. The molecule has 9 heteroatoms. The van der Waals surface area contributed by atoms with Gasteiger partial charge < -0.3 is 19.5 Å². The van der Waals surface area contributed by atoms with Gasteiger partial charge in [0.15, 0.2) is 0 Å². The lowest BCUT2D eigenvalue weighted by atomic mass is 9.85. The molecule has 0 radical (unpaired) electrons. The summed E-state index contributed by atoms with van der Waals surface area (Å²) < 4.78 is 14.9. The largest absolute Gasteiger partial charge is 0.466 e. The fraction of sp³-hybridized carbons (Fsp3) is 0.333. The maximum absolute atomic E-state index is 12.8. The van der Waals surface area contributed by atoms with Crippen molar-refractivity contribution < 1.29 is 28.6 Å². The van der Waals surface area contributed by atoms with Gasteiger partial charge in [-0.3, -0.25) is 4.79 Å². The first-order chi connectivity index (χ1) is 12.8. The molecular formula is C18H19ClN2O6. The average molecular weight is 395 g/mol. The van der Waals surface area contributed by atoms with Crippen LogP contribution in [0.5, 0.6) is 0 Å². The Morgan fingerprint density at radius 2 is 1.63 bits per heavy atom. The van der Waals surface area contributed by atoms with E-state index in [1.165, 1.54) is 20.4 Å². The number of carbonyl (C=O) groups excluding carboxylic acids is 3. The van der Waals surface area contributed by atoms with Crippen LogP contribution in [0.2, 0.25) is 5.15 Å². The molecule has 0 spiro atoms. The number of dihydropyridines is 1. The SMILES string of the molecule is COC(=O)C1=C(C)NC(C)=C(C(=O)OC)C1C(=O)OCc1ccc(Cl)nc1. The Morgan fingerprint density at radius 1 is 1.07 bits per heavy atom. The number of hydrogen-bond acceptors (Lipinski definition) is 8. The number of rotatable bonds is 5. The molecule has 0 atom stereocenters. The van der Waals surface area contributed by atoms with Crippen LogP contribution < -0.4 is 5.32 Å². The second kappa shape index (κ2) is 8.68. The van der Waals surface area contributed by atoms with Gasteiger partial charge in [-0.2, -0.15) is 0 Å². The predicted octanol–water partition coefficient (Wildman–Crippen LogP) is 1.89. The van der Waals surface area contributed by atoms with E-state index in [4.69, 9.17) is 25.8 Å². The highest BCUT2D eigenvalue weighted by molar-refractivity contribution is 6.29. The minimum atomic E-state index is -1.27. The fourth-order valence-electron chi connectivity index (χ4n) is 2.72. The standard InChI is InChI=1S/C18H19ClN2O6/c1-9-13(16(22)25-3)15(14(10(2)21-9)17(23)26-4)18(24)27-8-11-5-6-12(19)20-7-11/h5-7,15,21H,8H2,1-4H3. The molecule has 0 saturated heterocycles. The molecule has 2 heterocycles. The van der Waals surface area contributed by atoms with Crippen molar-refractivity contribution in [2.24, 2.45) is 5.92 Å². The van der Waals surface area contributed by atoms with Gasteiger partial charge in [0, 0.05) is 23.2 Å². The Balaban J connectivity index is 2.36. The highest BCUT2D eigenvalue weighted by Gasteiger charge is 2.42. The summed E-state index contributed by atoms with van der Waals surface area (Å²) in [6, 6.07) is 3.21. The lowest BCUT2D eigenvalue weighted by Crippen LogP contribution is -2.37. The summed E-state index contributed by atoms with van der Waals surface area (Å²) in [7, 11) is 2.38. The van der Waals surface area contributed by atoms with Crippen molar-refractivity contribution in [1.29, 1.82) is 0 Å². The second-order valence-electron chi connectivity index (χ2n) is 5.72. The van der Waals surface area contributed by atoms with Crippen LogP contribution in [0, 0.1) is 5.92 Å². The van der Waals surface area contributed by atoms with E-state index < -0.39 is 23.8 Å². The maximum atomic E-state index is 12.8. The van der Waals surface area contributed by atoms with E-state index in [1.54, 1.807) is 26.0 Å². The van der Waals surface area contributed by atoms with Gasteiger partial charge in [0.1, 0.15) is 17.7 Å². The molecule has 0 aliphatic carbocycles. The lowest BCUT2D eigenvalue weighted by Gasteiger charge is -2.28. The Morgan fingerprint density at radius 3 is 2.07 bits per heavy atom. The van der Waals surface area contributed by atoms with Crippen molar-refractivity contribution in [1.82, 2.24) is 10.3 Å². The number of aromatic nitrogens is 1. The van der Waals surface area contributed by atoms with Crippen molar-refractivity contribution in [2.45, 2.75) is 20.5 Å². The monoisotopic (exact) mass is 394 g/mol. The van der Waals surface area contributed by atoms with Gasteiger partial charge in [-0.25, -0.2) is 14.6 Å². The third-order valence-corrected chi connectivity index (χ3v) is 4.20. The number of halogens is 1. The minimum absolute atomic E-state index is 0.0114. The highest BCUT2D eigenvalue weighted by atomic mass is 35.5. The van der Waals surface area contributed by atoms with Crippen LogP contribution in [-0.2, 0) is 35.2 Å². The summed E-state index contributed by atoms with van der Waals surface area (Å²) in [5.41, 5.74) is 1.36. The molecule has 1 N–H and O–H groups in total. The van der Waals surface area contributed by atoms with Gasteiger partial charge in [0.25, 0.3) is 0 Å². The molecule has 8 nitrogen and oxygen atoms in total. The molecule has 27 heavy (non-hydrogen) atoms. The molecule has 1 aromatic rings. The van der Waals surface area contributed by atoms with Crippen LogP contribution in [0.25, 0.3) is 0 Å². The van der Waals surface area contributed by atoms with E-state index in [2.05, 4.69) is 10.3 Å². The van der Waals surface area contributed by atoms with Gasteiger partial charge in [0.05, 0.1) is 25.4 Å². The summed E-state index contributed by atoms with van der Waals surface area (Å²) in [4.78, 5) is 41.2. The summed E-state index contributed by atoms with van der Waals surface area (Å²) in [6.07, 6.45) is 1.46. The molecule has 144 valence electrons. The first kappa shape index (κ1) is 20.4. The van der Waals surface area contributed by atoms with Crippen LogP contribution in [0.4, 0.5) is 0 Å². The van der Waals surface area contributed by atoms with Crippen LogP contribution in [0.15, 0.2) is 40.9 Å². The van der Waals surface area contributed by atoms with E-state index in [9.17, 15) is 14.4 Å². The Labute approximate surface area is 161 Å². The number of pyridine rings is 1. The molecule has 0 aromatic carbocycles. The van der Waals surface area contributed by atoms with Gasteiger partial charge in [-0.1, -0.05) is 17.7 Å². The number of allylic oxidation sites excluding steroid dienone is 2. The van der Waals surface area contributed by atoms with Gasteiger partial charge in [0.2, 0.25) is 0 Å². The zero-order chi connectivity index (χ0) is 20.1. The summed E-state index contributed by atoms with van der Waals surface area (Å²) in [5.74, 6) is -3.55. The Bertz CT molecular complexity index is 791. The van der Waals surface area contributed by atoms with Crippen molar-refractivity contribution >= 4 is 29.5 Å². The minimum Gasteiger partial charge on any atom is -0.466 e. The van der Waals surface area contributed by atoms with E-state index >= 15 is 0 Å². The molecule has 0 amide bonds. The van der Waals surface area contributed by atoms with E-state index in [-0.39, 0.29) is 17.8 Å². The van der Waals surface area contributed by atoms with Crippen LogP contribution in [-0.4, -0.2) is 37.1 Å². The quantitative estimate of drug-likeness (QED) is 0.458. The molecule has 1 aliphatic rings. The number of hydrogen-bond donors (Lipinski definition) is 1. The molecule has 0 bridgehead atoms. The van der Waals surface area contributed by atoms with E-state index in [0.717, 1.165) is 0 Å². The first-order valence-electron chi connectivity index (χ1n) is 7.92. The maximum Gasteiger partial charge on any atom is 0.336 e. The number of esters is 3. The molecule has 0 unspecified atom stereocenters. The summed E-state index contributed by atoms with van der Waals surface area (Å²) >= 11 is 5.73. The highest BCUT2D eigenvalue weighted by Crippen LogP contribution is 2.32. The van der Waals surface area contributed by atoms with Gasteiger partial charge in [-0.05, 0) is 19.9 Å². The van der Waals surface area contributed by atoms with Crippen LogP contribution in [0.1, 0.15) is 19.4 Å². The summed E-state index contributed by atoms with van der Waals surface area (Å²) in [6.45, 7) is 3.11. The Kier molecular flexibility index (Phi) is 6.57. The molecule has 2 rings (SSSR count). The van der Waals surface area contributed by atoms with Crippen LogP contribution >= 0.6 is 11.6 Å². The van der Waals surface area contributed by atoms with E-state index in [0.29, 0.717) is 22.1 Å². The van der Waals surface area contributed by atoms with E-state index in [1.807, 2.05) is 0 Å².